The van der Waals surface area contributed by atoms with E-state index in [1.807, 2.05) is 24.3 Å². The molecule has 0 bridgehead atoms. The molecule has 0 spiro atoms. The Hall–Kier alpha value is -0.560. The molecule has 1 heterocycles. The summed E-state index contributed by atoms with van der Waals surface area (Å²) in [6.45, 7) is 0. The van der Waals surface area contributed by atoms with Crippen molar-refractivity contribution in [2.75, 3.05) is 0 Å². The number of hydrogen-bond donors (Lipinski definition) is 1. The highest BCUT2D eigenvalue weighted by atomic mass is 32.3. The maximum atomic E-state index is 10.5. The van der Waals surface area contributed by atoms with E-state index < -0.39 is 15.8 Å². The van der Waals surface area contributed by atoms with Crippen LogP contribution in [0.5, 0.6) is 0 Å². The minimum Gasteiger partial charge on any atom is -0.263 e. The summed E-state index contributed by atoms with van der Waals surface area (Å²) in [5, 5.41) is 0. The Balaban J connectivity index is 2.12. The molecule has 1 atom stereocenters. The zero-order valence-electron chi connectivity index (χ0n) is 7.79. The van der Waals surface area contributed by atoms with Crippen molar-refractivity contribution in [3.05, 3.63) is 29.8 Å². The van der Waals surface area contributed by atoms with Gasteiger partial charge in [-0.25, -0.2) is 4.18 Å². The standard InChI is InChI=1S/C9H10O4S2/c10-15(11,12)13-9-6-5-7-3-1-2-4-8(7)14-9/h1-4,9H,5-6H2,(H,10,11,12). The summed E-state index contributed by atoms with van der Waals surface area (Å²) in [5.74, 6) is 0. The number of fused-ring (bicyclic) bond motifs is 1. The molecule has 0 radical (unpaired) electrons. The van der Waals surface area contributed by atoms with Crippen LogP contribution in [-0.2, 0) is 21.0 Å². The summed E-state index contributed by atoms with van der Waals surface area (Å²) in [4.78, 5) is 1.01. The predicted molar refractivity (Wildman–Crippen MR) is 57.0 cm³/mol. The fraction of sp³-hybridized carbons (Fsp3) is 0.333. The normalized spacial score (nSPS) is 21.0. The summed E-state index contributed by atoms with van der Waals surface area (Å²) < 4.78 is 34.1. The van der Waals surface area contributed by atoms with Crippen molar-refractivity contribution >= 4 is 22.2 Å². The number of hydrogen-bond acceptors (Lipinski definition) is 4. The van der Waals surface area contributed by atoms with Gasteiger partial charge in [0.05, 0.1) is 0 Å². The number of benzene rings is 1. The van der Waals surface area contributed by atoms with Crippen LogP contribution in [0.25, 0.3) is 0 Å². The van der Waals surface area contributed by atoms with Crippen LogP contribution in [0.2, 0.25) is 0 Å². The van der Waals surface area contributed by atoms with Crippen LogP contribution in [0.3, 0.4) is 0 Å². The minimum absolute atomic E-state index is 0.519. The highest BCUT2D eigenvalue weighted by Gasteiger charge is 2.23. The van der Waals surface area contributed by atoms with E-state index in [9.17, 15) is 8.42 Å². The van der Waals surface area contributed by atoms with Gasteiger partial charge < -0.3 is 0 Å². The van der Waals surface area contributed by atoms with Gasteiger partial charge in [0, 0.05) is 4.90 Å². The van der Waals surface area contributed by atoms with Gasteiger partial charge in [-0.15, -0.1) is 0 Å². The van der Waals surface area contributed by atoms with E-state index in [4.69, 9.17) is 4.55 Å². The van der Waals surface area contributed by atoms with Crippen LogP contribution in [0, 0.1) is 0 Å². The highest BCUT2D eigenvalue weighted by Crippen LogP contribution is 2.36. The molecule has 0 fully saturated rings. The predicted octanol–water partition coefficient (Wildman–Crippen LogP) is 1.87. The van der Waals surface area contributed by atoms with Crippen LogP contribution in [0.1, 0.15) is 12.0 Å². The molecule has 1 N–H and O–H groups in total. The Kier molecular flexibility index (Phi) is 3.01. The second-order valence-corrected chi connectivity index (χ2v) is 5.47. The fourth-order valence-corrected chi connectivity index (χ4v) is 3.32. The van der Waals surface area contributed by atoms with E-state index in [0.29, 0.717) is 6.42 Å². The Bertz CT molecular complexity index is 455. The summed E-state index contributed by atoms with van der Waals surface area (Å²) in [6, 6.07) is 7.76. The van der Waals surface area contributed by atoms with Gasteiger partial charge in [0.25, 0.3) is 0 Å². The van der Waals surface area contributed by atoms with Crippen LogP contribution >= 0.6 is 11.8 Å². The molecule has 1 aromatic carbocycles. The number of thioether (sulfide) groups is 1. The number of aryl methyl sites for hydroxylation is 1. The van der Waals surface area contributed by atoms with Gasteiger partial charge in [0.2, 0.25) is 0 Å². The summed E-state index contributed by atoms with van der Waals surface area (Å²) in [6.07, 6.45) is 1.35. The molecule has 0 saturated carbocycles. The lowest BCUT2D eigenvalue weighted by atomic mass is 10.1. The molecule has 0 amide bonds. The first-order valence-corrected chi connectivity index (χ1v) is 6.69. The third kappa shape index (κ3) is 2.94. The van der Waals surface area contributed by atoms with E-state index in [0.717, 1.165) is 11.3 Å². The second kappa shape index (κ2) is 4.13. The van der Waals surface area contributed by atoms with Gasteiger partial charge in [0.1, 0.15) is 5.44 Å². The van der Waals surface area contributed by atoms with Crippen LogP contribution in [-0.4, -0.2) is 18.4 Å². The molecule has 82 valence electrons. The van der Waals surface area contributed by atoms with Crippen LogP contribution < -0.4 is 0 Å². The van der Waals surface area contributed by atoms with Crippen LogP contribution in [0.15, 0.2) is 29.2 Å². The molecule has 0 aromatic heterocycles. The Morgan fingerprint density at radius 1 is 1.40 bits per heavy atom. The second-order valence-electron chi connectivity index (χ2n) is 3.22. The molecule has 4 nitrogen and oxygen atoms in total. The van der Waals surface area contributed by atoms with Crippen molar-refractivity contribution in [2.24, 2.45) is 0 Å². The maximum absolute atomic E-state index is 10.5. The van der Waals surface area contributed by atoms with E-state index in [1.165, 1.54) is 17.3 Å². The molecule has 1 unspecified atom stereocenters. The smallest absolute Gasteiger partial charge is 0.263 e. The molecular weight excluding hydrogens is 236 g/mol. The molecule has 15 heavy (non-hydrogen) atoms. The fourth-order valence-electron chi connectivity index (χ4n) is 1.50. The SMILES string of the molecule is O=S(=O)(O)OC1CCc2ccccc2S1. The van der Waals surface area contributed by atoms with E-state index in [-0.39, 0.29) is 0 Å². The first-order chi connectivity index (χ1) is 7.04. The molecule has 0 aliphatic carbocycles. The third-order valence-electron chi connectivity index (χ3n) is 2.11. The first-order valence-electron chi connectivity index (χ1n) is 4.45. The van der Waals surface area contributed by atoms with Gasteiger partial charge in [0.15, 0.2) is 0 Å². The summed E-state index contributed by atoms with van der Waals surface area (Å²) in [5.41, 5.74) is 0.674. The van der Waals surface area contributed by atoms with Crippen LogP contribution in [0.4, 0.5) is 0 Å². The van der Waals surface area contributed by atoms with Crippen molar-refractivity contribution in [1.82, 2.24) is 0 Å². The van der Waals surface area contributed by atoms with Gasteiger partial charge in [-0.1, -0.05) is 30.0 Å². The van der Waals surface area contributed by atoms with Crippen molar-refractivity contribution in [1.29, 1.82) is 0 Å². The molecule has 1 aromatic rings. The van der Waals surface area contributed by atoms with Gasteiger partial charge in [-0.2, -0.15) is 8.42 Å². The Morgan fingerprint density at radius 2 is 2.13 bits per heavy atom. The maximum Gasteiger partial charge on any atom is 0.398 e. The monoisotopic (exact) mass is 246 g/mol. The van der Waals surface area contributed by atoms with Crippen molar-refractivity contribution in [3.8, 4) is 0 Å². The lowest BCUT2D eigenvalue weighted by Crippen LogP contribution is -2.18. The van der Waals surface area contributed by atoms with Crippen molar-refractivity contribution < 1.29 is 17.2 Å². The zero-order valence-corrected chi connectivity index (χ0v) is 9.42. The third-order valence-corrected chi connectivity index (χ3v) is 3.95. The Labute approximate surface area is 92.6 Å². The van der Waals surface area contributed by atoms with Gasteiger partial charge >= 0.3 is 10.4 Å². The molecule has 6 heteroatoms. The minimum atomic E-state index is -4.35. The highest BCUT2D eigenvalue weighted by molar-refractivity contribution is 8.00. The van der Waals surface area contributed by atoms with Gasteiger partial charge in [-0.05, 0) is 24.5 Å². The molecular formula is C9H10O4S2. The largest absolute Gasteiger partial charge is 0.398 e. The zero-order chi connectivity index (χ0) is 10.9. The Morgan fingerprint density at radius 3 is 2.87 bits per heavy atom. The lowest BCUT2D eigenvalue weighted by Gasteiger charge is -2.22. The average molecular weight is 246 g/mol. The molecule has 1 aliphatic rings. The summed E-state index contributed by atoms with van der Waals surface area (Å²) in [7, 11) is -4.35. The quantitative estimate of drug-likeness (QED) is 0.807. The average Bonchev–Trinajstić information content (AvgIpc) is 2.15. The van der Waals surface area contributed by atoms with Crippen molar-refractivity contribution in [3.63, 3.8) is 0 Å². The van der Waals surface area contributed by atoms with Gasteiger partial charge in [-0.3, -0.25) is 4.55 Å². The topological polar surface area (TPSA) is 63.6 Å². The number of rotatable bonds is 2. The van der Waals surface area contributed by atoms with E-state index in [1.54, 1.807) is 0 Å². The van der Waals surface area contributed by atoms with E-state index in [2.05, 4.69) is 4.18 Å². The van der Waals surface area contributed by atoms with Crippen molar-refractivity contribution in [2.45, 2.75) is 23.2 Å². The molecule has 2 rings (SSSR count). The lowest BCUT2D eigenvalue weighted by molar-refractivity contribution is 0.239. The van der Waals surface area contributed by atoms with E-state index >= 15 is 0 Å². The first kappa shape index (κ1) is 10.9. The summed E-state index contributed by atoms with van der Waals surface area (Å²) >= 11 is 1.32. The molecule has 1 aliphatic heterocycles. The molecule has 0 saturated heterocycles.